The van der Waals surface area contributed by atoms with E-state index in [1.54, 1.807) is 0 Å². The molecule has 1 radical (unpaired) electrons. The third kappa shape index (κ3) is 0.891. The Balaban J connectivity index is 1.90. The maximum atomic E-state index is 9.42. The molecule has 2 unspecified atom stereocenters. The molecule has 4 aliphatic carbocycles. The molecule has 12 heavy (non-hydrogen) atoms. The lowest BCUT2D eigenvalue weighted by Gasteiger charge is -2.56. The Hall–Kier alpha value is -0.0400. The molecule has 0 amide bonds. The molecule has 1 N–H and O–H groups in total. The second kappa shape index (κ2) is 2.25. The minimum Gasteiger partial charge on any atom is -0.396 e. The van der Waals surface area contributed by atoms with Crippen molar-refractivity contribution in [2.24, 2.45) is 23.2 Å². The lowest BCUT2D eigenvalue weighted by atomic mass is 9.50. The van der Waals surface area contributed by atoms with Crippen LogP contribution < -0.4 is 0 Å². The SMILES string of the molecule is OCC12CC3[CH]C(CC(C3)C1)C2. The van der Waals surface area contributed by atoms with Gasteiger partial charge in [-0.25, -0.2) is 0 Å². The Morgan fingerprint density at radius 2 is 1.83 bits per heavy atom. The Kier molecular flexibility index (Phi) is 1.39. The highest BCUT2D eigenvalue weighted by Gasteiger charge is 2.50. The second-order valence-corrected chi connectivity index (χ2v) is 5.32. The van der Waals surface area contributed by atoms with Gasteiger partial charge in [-0.15, -0.1) is 0 Å². The number of hydrogen-bond donors (Lipinski definition) is 1. The molecule has 0 spiro atoms. The van der Waals surface area contributed by atoms with Gasteiger partial charge in [-0.2, -0.15) is 0 Å². The Labute approximate surface area is 74.2 Å². The summed E-state index contributed by atoms with van der Waals surface area (Å²) >= 11 is 0. The van der Waals surface area contributed by atoms with Gasteiger partial charge in [0.25, 0.3) is 0 Å². The third-order valence-corrected chi connectivity index (χ3v) is 4.26. The van der Waals surface area contributed by atoms with E-state index in [2.05, 4.69) is 6.42 Å². The largest absolute Gasteiger partial charge is 0.396 e. The predicted molar refractivity (Wildman–Crippen MR) is 47.4 cm³/mol. The van der Waals surface area contributed by atoms with Crippen LogP contribution in [0.15, 0.2) is 0 Å². The summed E-state index contributed by atoms with van der Waals surface area (Å²) in [6.45, 7) is 0.449. The normalized spacial score (nSPS) is 56.2. The number of rotatable bonds is 1. The first-order chi connectivity index (χ1) is 5.80. The second-order valence-electron chi connectivity index (χ2n) is 5.32. The van der Waals surface area contributed by atoms with Gasteiger partial charge in [0, 0.05) is 6.61 Å². The third-order valence-electron chi connectivity index (χ3n) is 4.26. The molecule has 4 aliphatic rings. The van der Waals surface area contributed by atoms with Crippen molar-refractivity contribution in [3.63, 3.8) is 0 Å². The Morgan fingerprint density at radius 1 is 1.17 bits per heavy atom. The summed E-state index contributed by atoms with van der Waals surface area (Å²) in [5.41, 5.74) is 0.366. The molecule has 1 nitrogen and oxygen atoms in total. The molecule has 0 aromatic heterocycles. The molecule has 67 valence electrons. The number of aliphatic hydroxyl groups excluding tert-OH is 1. The van der Waals surface area contributed by atoms with Crippen molar-refractivity contribution in [3.05, 3.63) is 6.42 Å². The van der Waals surface area contributed by atoms with Gasteiger partial charge in [-0.05, 0) is 61.7 Å². The van der Waals surface area contributed by atoms with E-state index >= 15 is 0 Å². The summed E-state index contributed by atoms with van der Waals surface area (Å²) in [5.74, 6) is 2.69. The van der Waals surface area contributed by atoms with Crippen molar-refractivity contribution >= 4 is 0 Å². The van der Waals surface area contributed by atoms with E-state index in [4.69, 9.17) is 0 Å². The van der Waals surface area contributed by atoms with Gasteiger partial charge in [0.05, 0.1) is 0 Å². The van der Waals surface area contributed by atoms with Crippen molar-refractivity contribution in [1.82, 2.24) is 0 Å². The lowest BCUT2D eigenvalue weighted by Crippen LogP contribution is -2.48. The van der Waals surface area contributed by atoms with Crippen LogP contribution in [0, 0.1) is 29.6 Å². The van der Waals surface area contributed by atoms with Crippen LogP contribution in [-0.4, -0.2) is 11.7 Å². The zero-order valence-electron chi connectivity index (χ0n) is 7.50. The van der Waals surface area contributed by atoms with E-state index in [0.29, 0.717) is 12.0 Å². The monoisotopic (exact) mass is 165 g/mol. The van der Waals surface area contributed by atoms with Gasteiger partial charge in [-0.1, -0.05) is 0 Å². The minimum absolute atomic E-state index is 0.366. The summed E-state index contributed by atoms with van der Waals surface area (Å²) < 4.78 is 0. The Bertz CT molecular complexity index is 162. The maximum Gasteiger partial charge on any atom is 0.0487 e. The van der Waals surface area contributed by atoms with Crippen LogP contribution >= 0.6 is 0 Å². The van der Waals surface area contributed by atoms with Gasteiger partial charge in [0.15, 0.2) is 0 Å². The minimum atomic E-state index is 0.366. The summed E-state index contributed by atoms with van der Waals surface area (Å²) in [4.78, 5) is 0. The molecule has 4 fully saturated rings. The summed E-state index contributed by atoms with van der Waals surface area (Å²) in [5, 5.41) is 9.42. The fourth-order valence-electron chi connectivity index (χ4n) is 4.13. The number of aliphatic hydroxyl groups is 1. The molecule has 0 aromatic carbocycles. The highest BCUT2D eigenvalue weighted by molar-refractivity contribution is 5.08. The average molecular weight is 165 g/mol. The molecule has 4 saturated carbocycles. The average Bonchev–Trinajstić information content (AvgIpc) is 2.02. The quantitative estimate of drug-likeness (QED) is 0.630. The molecule has 0 aliphatic heterocycles. The van der Waals surface area contributed by atoms with Crippen LogP contribution in [0.4, 0.5) is 0 Å². The van der Waals surface area contributed by atoms with Crippen molar-refractivity contribution in [2.75, 3.05) is 6.61 Å². The van der Waals surface area contributed by atoms with Crippen LogP contribution in [0.5, 0.6) is 0 Å². The fraction of sp³-hybridized carbons (Fsp3) is 0.909. The Morgan fingerprint density at radius 3 is 2.33 bits per heavy atom. The first-order valence-electron chi connectivity index (χ1n) is 5.25. The molecule has 0 aromatic rings. The zero-order chi connectivity index (χ0) is 8.18. The van der Waals surface area contributed by atoms with Crippen LogP contribution in [0.25, 0.3) is 0 Å². The van der Waals surface area contributed by atoms with Gasteiger partial charge < -0.3 is 5.11 Å². The zero-order valence-corrected chi connectivity index (χ0v) is 7.50. The van der Waals surface area contributed by atoms with Crippen LogP contribution in [-0.2, 0) is 0 Å². The van der Waals surface area contributed by atoms with Crippen molar-refractivity contribution < 1.29 is 5.11 Å². The molecular formula is C11H17O. The van der Waals surface area contributed by atoms with Crippen molar-refractivity contribution in [1.29, 1.82) is 0 Å². The summed E-state index contributed by atoms with van der Waals surface area (Å²) in [7, 11) is 0. The molecule has 0 saturated heterocycles. The van der Waals surface area contributed by atoms with E-state index in [-0.39, 0.29) is 0 Å². The van der Waals surface area contributed by atoms with E-state index in [1.165, 1.54) is 32.1 Å². The van der Waals surface area contributed by atoms with E-state index in [9.17, 15) is 5.11 Å². The van der Waals surface area contributed by atoms with Gasteiger partial charge in [-0.3, -0.25) is 0 Å². The first-order valence-corrected chi connectivity index (χ1v) is 5.25. The lowest BCUT2D eigenvalue weighted by molar-refractivity contribution is -0.0521. The van der Waals surface area contributed by atoms with E-state index in [1.807, 2.05) is 0 Å². The highest BCUT2D eigenvalue weighted by Crippen LogP contribution is 2.59. The molecule has 4 bridgehead atoms. The highest BCUT2D eigenvalue weighted by atomic mass is 16.3. The fourth-order valence-corrected chi connectivity index (χ4v) is 4.13. The molecule has 4 rings (SSSR count). The molecule has 1 heteroatoms. The van der Waals surface area contributed by atoms with Crippen LogP contribution in [0.1, 0.15) is 32.1 Å². The topological polar surface area (TPSA) is 20.2 Å². The standard InChI is InChI=1S/C11H17O/c12-7-11-4-8-1-9(5-11)3-10(2-8)6-11/h1,8-10,12H,2-7H2. The van der Waals surface area contributed by atoms with E-state index < -0.39 is 0 Å². The van der Waals surface area contributed by atoms with E-state index in [0.717, 1.165) is 17.8 Å². The van der Waals surface area contributed by atoms with Gasteiger partial charge in [0.2, 0.25) is 0 Å². The molecule has 2 atom stereocenters. The summed E-state index contributed by atoms with van der Waals surface area (Å²) in [6, 6.07) is 0. The van der Waals surface area contributed by atoms with Crippen LogP contribution in [0.2, 0.25) is 0 Å². The maximum absolute atomic E-state index is 9.42. The van der Waals surface area contributed by atoms with Gasteiger partial charge in [0.1, 0.15) is 0 Å². The van der Waals surface area contributed by atoms with Gasteiger partial charge >= 0.3 is 0 Å². The molecular weight excluding hydrogens is 148 g/mol. The first kappa shape index (κ1) is 7.37. The van der Waals surface area contributed by atoms with Crippen molar-refractivity contribution in [2.45, 2.75) is 32.1 Å². The predicted octanol–water partition coefficient (Wildman–Crippen LogP) is 2.01. The smallest absolute Gasteiger partial charge is 0.0487 e. The summed E-state index contributed by atoms with van der Waals surface area (Å²) in [6.07, 6.45) is 9.33. The van der Waals surface area contributed by atoms with Crippen molar-refractivity contribution in [3.8, 4) is 0 Å². The molecule has 0 heterocycles. The van der Waals surface area contributed by atoms with Crippen LogP contribution in [0.3, 0.4) is 0 Å². The number of hydrogen-bond acceptors (Lipinski definition) is 1.